The first-order valence-electron chi connectivity index (χ1n) is 3.31. The molecule has 6 heteroatoms. The van der Waals surface area contributed by atoms with E-state index >= 15 is 0 Å². The highest BCUT2D eigenvalue weighted by atomic mass is 32.2. The van der Waals surface area contributed by atoms with E-state index in [2.05, 4.69) is 15.2 Å². The molecule has 0 bridgehead atoms. The van der Waals surface area contributed by atoms with Crippen LogP contribution in [-0.4, -0.2) is 33.7 Å². The van der Waals surface area contributed by atoms with Gasteiger partial charge >= 0.3 is 0 Å². The van der Waals surface area contributed by atoms with Gasteiger partial charge in [0.15, 0.2) is 10.8 Å². The van der Waals surface area contributed by atoms with Gasteiger partial charge in [0.25, 0.3) is 0 Å². The lowest BCUT2D eigenvalue weighted by Crippen LogP contribution is -2.10. The molecule has 0 aromatic carbocycles. The van der Waals surface area contributed by atoms with E-state index in [1.54, 1.807) is 16.9 Å². The standard InChI is InChI=1S/C6H5BN4S/c1-12-6-8-2-4(7)5-10-9-3-11(5)6/h2-3H,1H3. The normalized spacial score (nSPS) is 10.8. The monoisotopic (exact) mass is 176 g/mol. The molecule has 0 aliphatic rings. The Morgan fingerprint density at radius 3 is 3.17 bits per heavy atom. The van der Waals surface area contributed by atoms with Crippen molar-refractivity contribution in [3.8, 4) is 0 Å². The first-order chi connectivity index (χ1) is 5.83. The van der Waals surface area contributed by atoms with Gasteiger partial charge in [-0.1, -0.05) is 11.8 Å². The Labute approximate surface area is 74.8 Å². The molecule has 0 unspecified atom stereocenters. The fourth-order valence-corrected chi connectivity index (χ4v) is 1.46. The third-order valence-corrected chi connectivity index (χ3v) is 2.18. The highest BCUT2D eigenvalue weighted by molar-refractivity contribution is 7.98. The quantitative estimate of drug-likeness (QED) is 0.338. The second-order valence-electron chi connectivity index (χ2n) is 2.22. The molecule has 0 saturated carbocycles. The summed E-state index contributed by atoms with van der Waals surface area (Å²) in [6.45, 7) is 0. The van der Waals surface area contributed by atoms with Crippen LogP contribution < -0.4 is 5.46 Å². The van der Waals surface area contributed by atoms with Crippen LogP contribution in [0.4, 0.5) is 0 Å². The van der Waals surface area contributed by atoms with Gasteiger partial charge in [0.05, 0.1) is 0 Å². The molecule has 2 aromatic heterocycles. The largest absolute Gasteiger partial charge is 0.260 e. The van der Waals surface area contributed by atoms with Gasteiger partial charge in [-0.2, -0.15) is 0 Å². The second kappa shape index (κ2) is 2.78. The molecule has 0 aliphatic carbocycles. The first kappa shape index (κ1) is 7.61. The van der Waals surface area contributed by atoms with Crippen molar-refractivity contribution in [3.05, 3.63) is 12.5 Å². The minimum Gasteiger partial charge on any atom is -0.260 e. The lowest BCUT2D eigenvalue weighted by Gasteiger charge is -2.00. The highest BCUT2D eigenvalue weighted by Gasteiger charge is 2.03. The van der Waals surface area contributed by atoms with E-state index in [0.717, 1.165) is 5.16 Å². The maximum atomic E-state index is 5.63. The molecular formula is C6H5BN4S. The minimum absolute atomic E-state index is 0.547. The SMILES string of the molecule is [B]c1cnc(SC)n2cnnc12. The molecule has 58 valence electrons. The highest BCUT2D eigenvalue weighted by Crippen LogP contribution is 2.09. The number of thioether (sulfide) groups is 1. The van der Waals surface area contributed by atoms with Crippen LogP contribution in [0, 0.1) is 0 Å². The summed E-state index contributed by atoms with van der Waals surface area (Å²) in [5.74, 6) is 0. The Balaban J connectivity index is 2.82. The number of nitrogens with zero attached hydrogens (tertiary/aromatic N) is 4. The van der Waals surface area contributed by atoms with Crippen LogP contribution in [-0.2, 0) is 0 Å². The lowest BCUT2D eigenvalue weighted by molar-refractivity contribution is 0.905. The molecule has 2 rings (SSSR count). The van der Waals surface area contributed by atoms with Gasteiger partial charge in [0, 0.05) is 6.20 Å². The summed E-state index contributed by atoms with van der Waals surface area (Å²) >= 11 is 1.53. The van der Waals surface area contributed by atoms with Gasteiger partial charge in [0.1, 0.15) is 14.2 Å². The van der Waals surface area contributed by atoms with Crippen molar-refractivity contribution in [1.29, 1.82) is 0 Å². The molecule has 0 amide bonds. The average Bonchev–Trinajstić information content (AvgIpc) is 2.54. The predicted octanol–water partition coefficient (Wildman–Crippen LogP) is -0.360. The molecule has 2 aromatic rings. The maximum absolute atomic E-state index is 5.63. The molecule has 0 saturated heterocycles. The predicted molar refractivity (Wildman–Crippen MR) is 48.0 cm³/mol. The van der Waals surface area contributed by atoms with Crippen LogP contribution in [0.15, 0.2) is 17.7 Å². The summed E-state index contributed by atoms with van der Waals surface area (Å²) < 4.78 is 1.76. The van der Waals surface area contributed by atoms with Crippen molar-refractivity contribution in [3.63, 3.8) is 0 Å². The summed E-state index contributed by atoms with van der Waals surface area (Å²) in [6.07, 6.45) is 5.14. The fourth-order valence-electron chi connectivity index (χ4n) is 0.968. The van der Waals surface area contributed by atoms with Crippen molar-refractivity contribution < 1.29 is 0 Å². The van der Waals surface area contributed by atoms with Crippen LogP contribution in [0.3, 0.4) is 0 Å². The van der Waals surface area contributed by atoms with E-state index in [1.807, 2.05) is 6.26 Å². The third-order valence-electron chi connectivity index (χ3n) is 1.51. The topological polar surface area (TPSA) is 43.1 Å². The molecule has 0 fully saturated rings. The summed E-state index contributed by atoms with van der Waals surface area (Å²) in [6, 6.07) is 0. The zero-order valence-corrected chi connectivity index (χ0v) is 7.25. The molecule has 0 spiro atoms. The van der Waals surface area contributed by atoms with Crippen LogP contribution in [0.25, 0.3) is 5.65 Å². The molecule has 0 aliphatic heterocycles. The second-order valence-corrected chi connectivity index (χ2v) is 3.00. The summed E-state index contributed by atoms with van der Waals surface area (Å²) in [7, 11) is 5.63. The molecule has 12 heavy (non-hydrogen) atoms. The van der Waals surface area contributed by atoms with Gasteiger partial charge in [-0.15, -0.1) is 10.2 Å². The van der Waals surface area contributed by atoms with Crippen molar-refractivity contribution >= 4 is 30.7 Å². The van der Waals surface area contributed by atoms with E-state index in [9.17, 15) is 0 Å². The molecule has 4 nitrogen and oxygen atoms in total. The number of hydrogen-bond donors (Lipinski definition) is 0. The van der Waals surface area contributed by atoms with Gasteiger partial charge in [0.2, 0.25) is 0 Å². The maximum Gasteiger partial charge on any atom is 0.174 e. The fraction of sp³-hybridized carbons (Fsp3) is 0.167. The Kier molecular flexibility index (Phi) is 1.76. The van der Waals surface area contributed by atoms with Crippen LogP contribution >= 0.6 is 11.8 Å². The number of aromatic nitrogens is 4. The van der Waals surface area contributed by atoms with E-state index in [0.29, 0.717) is 11.1 Å². The minimum atomic E-state index is 0.547. The smallest absolute Gasteiger partial charge is 0.174 e. The van der Waals surface area contributed by atoms with Gasteiger partial charge in [-0.3, -0.25) is 4.40 Å². The van der Waals surface area contributed by atoms with Crippen molar-refractivity contribution in [2.24, 2.45) is 0 Å². The van der Waals surface area contributed by atoms with E-state index < -0.39 is 0 Å². The number of fused-ring (bicyclic) bond motifs is 1. The van der Waals surface area contributed by atoms with Crippen molar-refractivity contribution in [2.45, 2.75) is 5.16 Å². The summed E-state index contributed by atoms with van der Waals surface area (Å²) in [5.41, 5.74) is 1.21. The Hall–Kier alpha value is -1.04. The van der Waals surface area contributed by atoms with Gasteiger partial charge in [-0.05, 0) is 11.7 Å². The Morgan fingerprint density at radius 2 is 2.42 bits per heavy atom. The Bertz CT molecular complexity index is 413. The summed E-state index contributed by atoms with van der Waals surface area (Å²) in [4.78, 5) is 4.12. The van der Waals surface area contributed by atoms with E-state index in [4.69, 9.17) is 7.85 Å². The Morgan fingerprint density at radius 1 is 1.58 bits per heavy atom. The van der Waals surface area contributed by atoms with Crippen LogP contribution in [0.1, 0.15) is 0 Å². The van der Waals surface area contributed by atoms with Gasteiger partial charge in [-0.25, -0.2) is 4.98 Å². The van der Waals surface area contributed by atoms with E-state index in [1.165, 1.54) is 11.8 Å². The van der Waals surface area contributed by atoms with E-state index in [-0.39, 0.29) is 0 Å². The third kappa shape index (κ3) is 0.990. The first-order valence-corrected chi connectivity index (χ1v) is 4.53. The average molecular weight is 176 g/mol. The molecule has 2 radical (unpaired) electrons. The molecular weight excluding hydrogens is 171 g/mol. The van der Waals surface area contributed by atoms with Crippen LogP contribution in [0.2, 0.25) is 0 Å². The zero-order valence-electron chi connectivity index (χ0n) is 6.43. The molecule has 0 N–H and O–H groups in total. The van der Waals surface area contributed by atoms with Gasteiger partial charge < -0.3 is 0 Å². The lowest BCUT2D eigenvalue weighted by atomic mass is 10.0. The molecule has 0 atom stereocenters. The van der Waals surface area contributed by atoms with Crippen LogP contribution in [0.5, 0.6) is 0 Å². The van der Waals surface area contributed by atoms with Crippen molar-refractivity contribution in [1.82, 2.24) is 19.6 Å². The number of rotatable bonds is 1. The zero-order chi connectivity index (χ0) is 8.55. The summed E-state index contributed by atoms with van der Waals surface area (Å²) in [5, 5.41) is 8.45. The number of hydrogen-bond acceptors (Lipinski definition) is 4. The molecule has 2 heterocycles. The van der Waals surface area contributed by atoms with Crippen molar-refractivity contribution in [2.75, 3.05) is 6.26 Å².